The number of hydrogen-bond donors (Lipinski definition) is 0. The van der Waals surface area contributed by atoms with E-state index >= 15 is 0 Å². The fourth-order valence-corrected chi connectivity index (χ4v) is 1.03. The van der Waals surface area contributed by atoms with Gasteiger partial charge in [0.2, 0.25) is 0 Å². The summed E-state index contributed by atoms with van der Waals surface area (Å²) in [6, 6.07) is 0. The summed E-state index contributed by atoms with van der Waals surface area (Å²) in [6.07, 6.45) is -5.20. The lowest BCUT2D eigenvalue weighted by atomic mass is 10.1. The molecule has 0 rings (SSSR count). The number of thiocarbonyl (C=S) groups is 1. The Labute approximate surface area is 77.9 Å². The van der Waals surface area contributed by atoms with Crippen molar-refractivity contribution in [2.75, 3.05) is 0 Å². The van der Waals surface area contributed by atoms with E-state index in [4.69, 9.17) is 11.6 Å². The first-order valence-corrected chi connectivity index (χ1v) is 3.79. The Morgan fingerprint density at radius 2 is 2.00 bits per heavy atom. The van der Waals surface area contributed by atoms with Gasteiger partial charge in [0.1, 0.15) is 11.7 Å². The minimum Gasteiger partial charge on any atom is -0.300 e. The predicted octanol–water partition coefficient (Wildman–Crippen LogP) is 2.71. The summed E-state index contributed by atoms with van der Waals surface area (Å²) in [5, 5.41) is 0. The van der Waals surface area contributed by atoms with E-state index in [1.165, 1.54) is 0 Å². The molecular weight excluding hydrogens is 213 g/mol. The zero-order valence-corrected chi connectivity index (χ0v) is 7.69. The summed E-state index contributed by atoms with van der Waals surface area (Å²) in [5.74, 6) is -2.58. The van der Waals surface area contributed by atoms with Crippen LogP contribution >= 0.6 is 23.8 Å². The lowest BCUT2D eigenvalue weighted by molar-refractivity contribution is -0.159. The normalized spacial score (nSPS) is 14.1. The van der Waals surface area contributed by atoms with Crippen molar-refractivity contribution in [3.63, 3.8) is 0 Å². The molecule has 70 valence electrons. The molecule has 1 nitrogen and oxygen atoms in total. The molecule has 0 aliphatic heterocycles. The molecule has 1 atom stereocenters. The van der Waals surface area contributed by atoms with Crippen molar-refractivity contribution in [2.45, 2.75) is 19.5 Å². The van der Waals surface area contributed by atoms with E-state index in [-0.39, 0.29) is 0 Å². The van der Waals surface area contributed by atoms with E-state index in [1.54, 1.807) is 0 Å². The maximum absolute atomic E-state index is 12.0. The van der Waals surface area contributed by atoms with Crippen LogP contribution in [0, 0.1) is 5.92 Å². The van der Waals surface area contributed by atoms with Crippen molar-refractivity contribution in [1.29, 1.82) is 0 Å². The topological polar surface area (TPSA) is 17.1 Å². The van der Waals surface area contributed by atoms with Crippen molar-refractivity contribution in [2.24, 2.45) is 5.92 Å². The zero-order valence-electron chi connectivity index (χ0n) is 6.11. The highest BCUT2D eigenvalue weighted by Gasteiger charge is 2.42. The lowest BCUT2D eigenvalue weighted by Gasteiger charge is -2.15. The van der Waals surface area contributed by atoms with Crippen molar-refractivity contribution >= 4 is 33.9 Å². The molecule has 0 aromatic carbocycles. The van der Waals surface area contributed by atoms with Gasteiger partial charge in [0.15, 0.2) is 0 Å². The number of ketones is 1. The SMILES string of the molecule is CC(=O)C[C@H](C(=S)Cl)C(F)(F)F. The van der Waals surface area contributed by atoms with Crippen LogP contribution < -0.4 is 0 Å². The highest BCUT2D eigenvalue weighted by molar-refractivity contribution is 7.83. The highest BCUT2D eigenvalue weighted by Crippen LogP contribution is 2.31. The molecule has 0 N–H and O–H groups in total. The average molecular weight is 219 g/mol. The number of rotatable bonds is 3. The van der Waals surface area contributed by atoms with E-state index in [0.717, 1.165) is 6.92 Å². The number of alkyl halides is 3. The zero-order chi connectivity index (χ0) is 9.94. The fraction of sp³-hybridized carbons (Fsp3) is 0.667. The summed E-state index contributed by atoms with van der Waals surface area (Å²) < 4.78 is 35.3. The van der Waals surface area contributed by atoms with E-state index in [9.17, 15) is 18.0 Å². The standard InChI is InChI=1S/C6H6ClF3OS/c1-3(11)2-4(5(7)12)6(8,9)10/h4H,2H2,1H3/t4-/m1/s1. The van der Waals surface area contributed by atoms with Crippen molar-refractivity contribution in [3.8, 4) is 0 Å². The van der Waals surface area contributed by atoms with Gasteiger partial charge < -0.3 is 0 Å². The molecular formula is C6H6ClF3OS. The maximum atomic E-state index is 12.0. The summed E-state index contributed by atoms with van der Waals surface area (Å²) in [5.41, 5.74) is 0. The summed E-state index contributed by atoms with van der Waals surface area (Å²) >= 11 is 9.21. The van der Waals surface area contributed by atoms with Crippen LogP contribution in [-0.4, -0.2) is 16.3 Å². The molecule has 0 saturated carbocycles. The molecule has 0 spiro atoms. The summed E-state index contributed by atoms with van der Waals surface area (Å²) in [6.45, 7) is 1.06. The molecule has 0 heterocycles. The van der Waals surface area contributed by atoms with Gasteiger partial charge in [-0.25, -0.2) is 0 Å². The van der Waals surface area contributed by atoms with Crippen LogP contribution in [0.5, 0.6) is 0 Å². The molecule has 0 saturated heterocycles. The number of hydrogen-bond acceptors (Lipinski definition) is 2. The minimum atomic E-state index is -4.52. The number of Topliss-reactive ketones (excluding diaryl/α,β-unsaturated/α-hetero) is 1. The van der Waals surface area contributed by atoms with Crippen LogP contribution in [0.2, 0.25) is 0 Å². The van der Waals surface area contributed by atoms with Gasteiger partial charge in [-0.1, -0.05) is 23.8 Å². The summed E-state index contributed by atoms with van der Waals surface area (Å²) in [4.78, 5) is 10.4. The van der Waals surface area contributed by atoms with Crippen molar-refractivity contribution in [1.82, 2.24) is 0 Å². The molecule has 0 aromatic heterocycles. The van der Waals surface area contributed by atoms with Crippen LogP contribution in [0.15, 0.2) is 0 Å². The molecule has 0 amide bonds. The Bertz CT molecular complexity index is 201. The lowest BCUT2D eigenvalue weighted by Crippen LogP contribution is -2.28. The first-order chi connectivity index (χ1) is 5.25. The molecule has 0 radical (unpaired) electrons. The van der Waals surface area contributed by atoms with E-state index < -0.39 is 28.6 Å². The molecule has 0 aromatic rings. The fourth-order valence-electron chi connectivity index (χ4n) is 0.612. The van der Waals surface area contributed by atoms with Gasteiger partial charge in [0.25, 0.3) is 0 Å². The van der Waals surface area contributed by atoms with Crippen molar-refractivity contribution < 1.29 is 18.0 Å². The predicted molar refractivity (Wildman–Crippen MR) is 43.3 cm³/mol. The average Bonchev–Trinajstić information content (AvgIpc) is 1.79. The molecule has 0 aliphatic rings. The second kappa shape index (κ2) is 4.18. The van der Waals surface area contributed by atoms with E-state index in [2.05, 4.69) is 12.2 Å². The van der Waals surface area contributed by atoms with Crippen LogP contribution in [0.25, 0.3) is 0 Å². The third-order valence-corrected chi connectivity index (χ3v) is 1.71. The van der Waals surface area contributed by atoms with E-state index in [0.29, 0.717) is 0 Å². The Hall–Kier alpha value is -0.160. The molecule has 0 aliphatic carbocycles. The van der Waals surface area contributed by atoms with Gasteiger partial charge in [-0.05, 0) is 6.92 Å². The maximum Gasteiger partial charge on any atom is 0.397 e. The molecule has 12 heavy (non-hydrogen) atoms. The Morgan fingerprint density at radius 1 is 1.58 bits per heavy atom. The molecule has 0 unspecified atom stereocenters. The van der Waals surface area contributed by atoms with Crippen molar-refractivity contribution in [3.05, 3.63) is 0 Å². The number of halogens is 4. The number of carbonyl (C=O) groups excluding carboxylic acids is 1. The smallest absolute Gasteiger partial charge is 0.300 e. The van der Waals surface area contributed by atoms with Gasteiger partial charge in [-0.3, -0.25) is 4.79 Å². The monoisotopic (exact) mass is 218 g/mol. The first-order valence-electron chi connectivity index (χ1n) is 3.00. The van der Waals surface area contributed by atoms with Crippen LogP contribution in [0.3, 0.4) is 0 Å². The van der Waals surface area contributed by atoms with Gasteiger partial charge in [-0.15, -0.1) is 0 Å². The third-order valence-electron chi connectivity index (χ3n) is 1.16. The van der Waals surface area contributed by atoms with Gasteiger partial charge in [-0.2, -0.15) is 13.2 Å². The Morgan fingerprint density at radius 3 is 2.08 bits per heavy atom. The van der Waals surface area contributed by atoms with Gasteiger partial charge in [0, 0.05) is 6.42 Å². The first kappa shape index (κ1) is 11.8. The largest absolute Gasteiger partial charge is 0.397 e. The van der Waals surface area contributed by atoms with Crippen LogP contribution in [0.1, 0.15) is 13.3 Å². The minimum absolute atomic E-state index is 0.583. The highest BCUT2D eigenvalue weighted by atomic mass is 35.5. The molecule has 6 heteroatoms. The second-order valence-electron chi connectivity index (χ2n) is 2.30. The van der Waals surface area contributed by atoms with Crippen LogP contribution in [0.4, 0.5) is 13.2 Å². The summed E-state index contributed by atoms with van der Waals surface area (Å²) in [7, 11) is 0. The number of carbonyl (C=O) groups is 1. The molecule has 0 fully saturated rings. The quantitative estimate of drug-likeness (QED) is 0.535. The molecule has 0 bridgehead atoms. The third kappa shape index (κ3) is 4.01. The van der Waals surface area contributed by atoms with Gasteiger partial charge in [0.05, 0.1) is 4.32 Å². The van der Waals surface area contributed by atoms with E-state index in [1.807, 2.05) is 0 Å². The van der Waals surface area contributed by atoms with Gasteiger partial charge >= 0.3 is 6.18 Å². The Kier molecular flexibility index (Phi) is 4.13. The van der Waals surface area contributed by atoms with Crippen LogP contribution in [-0.2, 0) is 4.79 Å². The second-order valence-corrected chi connectivity index (χ2v) is 3.38. The Balaban J connectivity index is 4.46.